The number of nitrogens with zero attached hydrogens (tertiary/aromatic N) is 1. The highest BCUT2D eigenvalue weighted by molar-refractivity contribution is 5.94. The molecular formula is C11H10F3NO2. The molecule has 3 nitrogen and oxygen atoms in total. The zero-order valence-corrected chi connectivity index (χ0v) is 9.04. The minimum absolute atomic E-state index is 0.304. The van der Waals surface area contributed by atoms with Gasteiger partial charge in [-0.1, -0.05) is 0 Å². The highest BCUT2D eigenvalue weighted by Crippen LogP contribution is 2.19. The van der Waals surface area contributed by atoms with E-state index in [2.05, 4.69) is 0 Å². The number of amides is 1. The number of hydrogen-bond acceptors (Lipinski definition) is 2. The fourth-order valence-corrected chi connectivity index (χ4v) is 1.71. The van der Waals surface area contributed by atoms with E-state index in [1.807, 2.05) is 0 Å². The fourth-order valence-electron chi connectivity index (χ4n) is 1.71. The summed E-state index contributed by atoms with van der Waals surface area (Å²) in [4.78, 5) is 13.1. The molecule has 1 unspecified atom stereocenters. The average Bonchev–Trinajstić information content (AvgIpc) is 2.72. The maximum Gasteiger partial charge on any atom is 0.259 e. The lowest BCUT2D eigenvalue weighted by molar-refractivity contribution is 0.0373. The highest BCUT2D eigenvalue weighted by Gasteiger charge is 2.29. The Kier molecular flexibility index (Phi) is 3.06. The van der Waals surface area contributed by atoms with Crippen LogP contribution in [0.4, 0.5) is 13.2 Å². The van der Waals surface area contributed by atoms with E-state index in [-0.39, 0.29) is 0 Å². The third-order valence-corrected chi connectivity index (χ3v) is 2.66. The minimum Gasteiger partial charge on any atom is -0.357 e. The summed E-state index contributed by atoms with van der Waals surface area (Å²) in [6.07, 6.45) is -0.491. The first-order chi connectivity index (χ1) is 8.02. The Balaban J connectivity index is 2.34. The SMILES string of the molecule is CC1OCCN1C(=O)c1ccc(F)c(F)c1F. The molecule has 1 aromatic carbocycles. The Hall–Kier alpha value is -1.56. The van der Waals surface area contributed by atoms with Gasteiger partial charge in [-0.15, -0.1) is 0 Å². The summed E-state index contributed by atoms with van der Waals surface area (Å²) in [7, 11) is 0. The summed E-state index contributed by atoms with van der Waals surface area (Å²) in [5.41, 5.74) is -0.485. The van der Waals surface area contributed by atoms with Gasteiger partial charge in [-0.25, -0.2) is 13.2 Å². The molecule has 1 aromatic rings. The quantitative estimate of drug-likeness (QED) is 0.707. The van der Waals surface area contributed by atoms with Gasteiger partial charge in [0.25, 0.3) is 5.91 Å². The third-order valence-electron chi connectivity index (χ3n) is 2.66. The van der Waals surface area contributed by atoms with Gasteiger partial charge in [-0.2, -0.15) is 0 Å². The van der Waals surface area contributed by atoms with Gasteiger partial charge in [-0.3, -0.25) is 4.79 Å². The van der Waals surface area contributed by atoms with Crippen LogP contribution < -0.4 is 0 Å². The van der Waals surface area contributed by atoms with Crippen LogP contribution in [-0.4, -0.2) is 30.2 Å². The third kappa shape index (κ3) is 2.00. The van der Waals surface area contributed by atoms with Crippen LogP contribution in [0.15, 0.2) is 12.1 Å². The smallest absolute Gasteiger partial charge is 0.259 e. The summed E-state index contributed by atoms with van der Waals surface area (Å²) >= 11 is 0. The molecule has 0 spiro atoms. The molecule has 1 aliphatic heterocycles. The monoisotopic (exact) mass is 245 g/mol. The lowest BCUT2D eigenvalue weighted by Crippen LogP contribution is -2.35. The van der Waals surface area contributed by atoms with Crippen LogP contribution in [0.2, 0.25) is 0 Å². The lowest BCUT2D eigenvalue weighted by Gasteiger charge is -2.19. The van der Waals surface area contributed by atoms with Crippen molar-refractivity contribution >= 4 is 5.91 Å². The van der Waals surface area contributed by atoms with Crippen molar-refractivity contribution in [2.75, 3.05) is 13.2 Å². The van der Waals surface area contributed by atoms with Crippen LogP contribution in [0.5, 0.6) is 0 Å². The largest absolute Gasteiger partial charge is 0.357 e. The van der Waals surface area contributed by atoms with E-state index >= 15 is 0 Å². The molecule has 1 aliphatic rings. The summed E-state index contributed by atoms with van der Waals surface area (Å²) < 4.78 is 44.2. The number of carbonyl (C=O) groups is 1. The topological polar surface area (TPSA) is 29.5 Å². The molecule has 6 heteroatoms. The first kappa shape index (κ1) is 11.9. The molecular weight excluding hydrogens is 235 g/mol. The van der Waals surface area contributed by atoms with Gasteiger partial charge >= 0.3 is 0 Å². The van der Waals surface area contributed by atoms with Crippen molar-refractivity contribution in [3.8, 4) is 0 Å². The Morgan fingerprint density at radius 1 is 1.35 bits per heavy atom. The van der Waals surface area contributed by atoms with Crippen molar-refractivity contribution in [2.24, 2.45) is 0 Å². The van der Waals surface area contributed by atoms with Crippen molar-refractivity contribution in [1.29, 1.82) is 0 Å². The number of halogens is 3. The normalized spacial score (nSPS) is 19.8. The second-order valence-corrected chi connectivity index (χ2v) is 3.69. The standard InChI is InChI=1S/C11H10F3NO2/c1-6-15(4-5-17-6)11(16)7-2-3-8(12)10(14)9(7)13/h2-3,6H,4-5H2,1H3. The molecule has 0 aliphatic carbocycles. The van der Waals surface area contributed by atoms with Crippen molar-refractivity contribution < 1.29 is 22.7 Å². The van der Waals surface area contributed by atoms with Gasteiger partial charge in [0.1, 0.15) is 6.23 Å². The zero-order chi connectivity index (χ0) is 12.6. The fraction of sp³-hybridized carbons (Fsp3) is 0.364. The summed E-state index contributed by atoms with van der Waals surface area (Å²) in [5, 5.41) is 0. The predicted molar refractivity (Wildman–Crippen MR) is 52.8 cm³/mol. The number of benzene rings is 1. The number of ether oxygens (including phenoxy) is 1. The Morgan fingerprint density at radius 3 is 2.65 bits per heavy atom. The van der Waals surface area contributed by atoms with Gasteiger partial charge in [0.15, 0.2) is 17.5 Å². The molecule has 1 amide bonds. The van der Waals surface area contributed by atoms with Gasteiger partial charge in [0, 0.05) is 6.54 Å². The van der Waals surface area contributed by atoms with Crippen LogP contribution in [0, 0.1) is 17.5 Å². The molecule has 1 heterocycles. The molecule has 2 rings (SSSR count). The van der Waals surface area contributed by atoms with Gasteiger partial charge in [0.05, 0.1) is 12.2 Å². The van der Waals surface area contributed by atoms with E-state index in [0.717, 1.165) is 12.1 Å². The van der Waals surface area contributed by atoms with Crippen LogP contribution in [0.1, 0.15) is 17.3 Å². The number of rotatable bonds is 1. The summed E-state index contributed by atoms with van der Waals surface area (Å²) in [6.45, 7) is 2.28. The average molecular weight is 245 g/mol. The summed E-state index contributed by atoms with van der Waals surface area (Å²) in [5.74, 6) is -5.12. The maximum absolute atomic E-state index is 13.4. The van der Waals surface area contributed by atoms with Gasteiger partial charge in [0.2, 0.25) is 0 Å². The van der Waals surface area contributed by atoms with Crippen molar-refractivity contribution in [2.45, 2.75) is 13.2 Å². The number of carbonyl (C=O) groups excluding carboxylic acids is 1. The molecule has 1 saturated heterocycles. The highest BCUT2D eigenvalue weighted by atomic mass is 19.2. The molecule has 0 saturated carbocycles. The van der Waals surface area contributed by atoms with Gasteiger partial charge < -0.3 is 9.64 Å². The second-order valence-electron chi connectivity index (χ2n) is 3.69. The van der Waals surface area contributed by atoms with E-state index in [4.69, 9.17) is 4.74 Å². The van der Waals surface area contributed by atoms with Crippen LogP contribution in [0.3, 0.4) is 0 Å². The molecule has 92 valence electrons. The molecule has 0 N–H and O–H groups in total. The molecule has 0 aromatic heterocycles. The van der Waals surface area contributed by atoms with Crippen LogP contribution in [-0.2, 0) is 4.74 Å². The second kappa shape index (κ2) is 4.37. The zero-order valence-electron chi connectivity index (χ0n) is 9.04. The van der Waals surface area contributed by atoms with Crippen molar-refractivity contribution in [3.05, 3.63) is 35.1 Å². The summed E-state index contributed by atoms with van der Waals surface area (Å²) in [6, 6.07) is 1.66. The molecule has 1 atom stereocenters. The minimum atomic E-state index is -1.64. The van der Waals surface area contributed by atoms with E-state index in [9.17, 15) is 18.0 Å². The molecule has 0 bridgehead atoms. The van der Waals surface area contributed by atoms with E-state index in [1.54, 1.807) is 6.92 Å². The molecule has 1 fully saturated rings. The van der Waals surface area contributed by atoms with E-state index < -0.39 is 35.2 Å². The first-order valence-electron chi connectivity index (χ1n) is 5.08. The number of hydrogen-bond donors (Lipinski definition) is 0. The maximum atomic E-state index is 13.4. The molecule has 17 heavy (non-hydrogen) atoms. The molecule has 0 radical (unpaired) electrons. The Bertz CT molecular complexity index is 464. The first-order valence-corrected chi connectivity index (χ1v) is 5.08. The van der Waals surface area contributed by atoms with E-state index in [0.29, 0.717) is 13.2 Å². The van der Waals surface area contributed by atoms with Crippen molar-refractivity contribution in [1.82, 2.24) is 4.90 Å². The van der Waals surface area contributed by atoms with Crippen LogP contribution in [0.25, 0.3) is 0 Å². The Labute approximate surface area is 95.8 Å². The van der Waals surface area contributed by atoms with Crippen LogP contribution >= 0.6 is 0 Å². The van der Waals surface area contributed by atoms with E-state index in [1.165, 1.54) is 4.90 Å². The Morgan fingerprint density at radius 2 is 2.06 bits per heavy atom. The van der Waals surface area contributed by atoms with Crippen molar-refractivity contribution in [3.63, 3.8) is 0 Å². The lowest BCUT2D eigenvalue weighted by atomic mass is 10.1. The predicted octanol–water partition coefficient (Wildman–Crippen LogP) is 1.92. The van der Waals surface area contributed by atoms with Gasteiger partial charge in [-0.05, 0) is 19.1 Å².